The van der Waals surface area contributed by atoms with Gasteiger partial charge in [-0.3, -0.25) is 4.98 Å². The van der Waals surface area contributed by atoms with Gasteiger partial charge in [-0.2, -0.15) is 0 Å². The summed E-state index contributed by atoms with van der Waals surface area (Å²) in [5.74, 6) is -0.854. The highest BCUT2D eigenvalue weighted by Gasteiger charge is 2.15. The molecule has 0 N–H and O–H groups in total. The normalized spacial score (nSPS) is 10.9. The first-order valence-electron chi connectivity index (χ1n) is 12.7. The summed E-state index contributed by atoms with van der Waals surface area (Å²) >= 11 is 0. The zero-order valence-electron chi connectivity index (χ0n) is 20.5. The van der Waals surface area contributed by atoms with E-state index >= 15 is 0 Å². The van der Waals surface area contributed by atoms with E-state index in [2.05, 4.69) is 24.9 Å². The van der Waals surface area contributed by atoms with Crippen molar-refractivity contribution in [3.8, 4) is 17.0 Å². The van der Waals surface area contributed by atoms with Crippen molar-refractivity contribution in [2.24, 2.45) is 0 Å². The van der Waals surface area contributed by atoms with Gasteiger partial charge in [-0.05, 0) is 79.3 Å². The second kappa shape index (κ2) is 13.6. The Bertz CT molecular complexity index is 1030. The summed E-state index contributed by atoms with van der Waals surface area (Å²) in [4.78, 5) is 17.0. The van der Waals surface area contributed by atoms with Gasteiger partial charge in [0.1, 0.15) is 11.6 Å². The number of esters is 1. The lowest BCUT2D eigenvalue weighted by atomic mass is 10.0. The number of unbranched alkanes of at least 4 members (excludes halogenated alkanes) is 6. The summed E-state index contributed by atoms with van der Waals surface area (Å²) in [7, 11) is 0. The average molecular weight is 462 g/mol. The number of benzene rings is 2. The van der Waals surface area contributed by atoms with Gasteiger partial charge >= 0.3 is 5.97 Å². The van der Waals surface area contributed by atoms with Gasteiger partial charge in [0.25, 0.3) is 0 Å². The first-order valence-corrected chi connectivity index (χ1v) is 12.7. The summed E-state index contributed by atoms with van der Waals surface area (Å²) in [5.41, 5.74) is 3.92. The Labute approximate surface area is 203 Å². The van der Waals surface area contributed by atoms with Crippen LogP contribution in [-0.2, 0) is 12.8 Å². The molecule has 0 saturated carbocycles. The highest BCUT2D eigenvalue weighted by Crippen LogP contribution is 2.23. The summed E-state index contributed by atoms with van der Waals surface area (Å²) in [6.45, 7) is 4.33. The van der Waals surface area contributed by atoms with Gasteiger partial charge in [0, 0.05) is 11.8 Å². The Kier molecular flexibility index (Phi) is 10.3. The molecular weight excluding hydrogens is 425 g/mol. The number of carbonyl (C=O) groups excluding carboxylic acids is 1. The standard InChI is InChI=1S/C30H36FNO2/c1-3-5-7-8-9-10-12-24-14-20-29(32-22-24)25-15-17-26(18-16-25)34-30(33)27-19-13-23(11-6-4-2)21-28(27)31/h13-22H,3-12H2,1-2H3. The fourth-order valence-electron chi connectivity index (χ4n) is 3.97. The lowest BCUT2D eigenvalue weighted by Gasteiger charge is -2.08. The van der Waals surface area contributed by atoms with E-state index < -0.39 is 11.8 Å². The Hall–Kier alpha value is -3.01. The molecule has 180 valence electrons. The minimum absolute atomic E-state index is 0.0491. The molecule has 1 aromatic heterocycles. The van der Waals surface area contributed by atoms with Crippen molar-refractivity contribution in [2.75, 3.05) is 0 Å². The van der Waals surface area contributed by atoms with Gasteiger partial charge < -0.3 is 4.74 Å². The fourth-order valence-corrected chi connectivity index (χ4v) is 3.97. The van der Waals surface area contributed by atoms with Crippen LogP contribution in [0.3, 0.4) is 0 Å². The molecule has 0 saturated heterocycles. The summed E-state index contributed by atoms with van der Waals surface area (Å²) in [5, 5.41) is 0. The van der Waals surface area contributed by atoms with Crippen molar-refractivity contribution in [1.82, 2.24) is 4.98 Å². The van der Waals surface area contributed by atoms with E-state index in [0.29, 0.717) is 5.75 Å². The van der Waals surface area contributed by atoms with Gasteiger partial charge in [0.05, 0.1) is 11.3 Å². The molecule has 0 fully saturated rings. The molecule has 0 spiro atoms. The van der Waals surface area contributed by atoms with E-state index in [-0.39, 0.29) is 5.56 Å². The van der Waals surface area contributed by atoms with E-state index in [9.17, 15) is 9.18 Å². The molecule has 0 aliphatic rings. The topological polar surface area (TPSA) is 39.2 Å². The maximum atomic E-state index is 14.4. The van der Waals surface area contributed by atoms with Crippen molar-refractivity contribution in [2.45, 2.75) is 78.1 Å². The SMILES string of the molecule is CCCCCCCCc1ccc(-c2ccc(OC(=O)c3ccc(CCCC)cc3F)cc2)nc1. The smallest absolute Gasteiger partial charge is 0.346 e. The number of rotatable bonds is 13. The van der Waals surface area contributed by atoms with Gasteiger partial charge in [-0.1, -0.05) is 64.5 Å². The van der Waals surface area contributed by atoms with Gasteiger partial charge in [0.2, 0.25) is 0 Å². The number of carbonyl (C=O) groups is 1. The number of hydrogen-bond donors (Lipinski definition) is 0. The molecule has 2 aromatic carbocycles. The maximum absolute atomic E-state index is 14.4. The van der Waals surface area contributed by atoms with Crippen molar-refractivity contribution in [1.29, 1.82) is 0 Å². The van der Waals surface area contributed by atoms with Crippen molar-refractivity contribution in [3.63, 3.8) is 0 Å². The van der Waals surface area contributed by atoms with Gasteiger partial charge in [-0.15, -0.1) is 0 Å². The van der Waals surface area contributed by atoms with E-state index in [1.165, 1.54) is 56.2 Å². The van der Waals surface area contributed by atoms with Crippen LogP contribution in [0.5, 0.6) is 5.75 Å². The molecule has 3 nitrogen and oxygen atoms in total. The Morgan fingerprint density at radius 3 is 2.15 bits per heavy atom. The maximum Gasteiger partial charge on any atom is 0.346 e. The summed E-state index contributed by atoms with van der Waals surface area (Å²) in [6.07, 6.45) is 13.6. The molecule has 4 heteroatoms. The zero-order valence-corrected chi connectivity index (χ0v) is 20.5. The quantitative estimate of drug-likeness (QED) is 0.146. The number of nitrogens with zero attached hydrogens (tertiary/aromatic N) is 1. The third-order valence-corrected chi connectivity index (χ3v) is 6.08. The number of ether oxygens (including phenoxy) is 1. The lowest BCUT2D eigenvalue weighted by Crippen LogP contribution is -2.11. The molecule has 0 unspecified atom stereocenters. The number of pyridine rings is 1. The Balaban J connectivity index is 1.53. The van der Waals surface area contributed by atoms with Gasteiger partial charge in [-0.25, -0.2) is 9.18 Å². The van der Waals surface area contributed by atoms with Crippen LogP contribution >= 0.6 is 0 Å². The number of aromatic nitrogens is 1. The minimum atomic E-state index is -0.690. The van der Waals surface area contributed by atoms with E-state index in [0.717, 1.165) is 42.5 Å². The van der Waals surface area contributed by atoms with Crippen LogP contribution in [0.25, 0.3) is 11.3 Å². The molecule has 0 bridgehead atoms. The third-order valence-electron chi connectivity index (χ3n) is 6.08. The van der Waals surface area contributed by atoms with Crippen LogP contribution in [0, 0.1) is 5.82 Å². The lowest BCUT2D eigenvalue weighted by molar-refractivity contribution is 0.0730. The van der Waals surface area contributed by atoms with Crippen LogP contribution in [0.1, 0.15) is 86.7 Å². The van der Waals surface area contributed by atoms with Crippen LogP contribution in [-0.4, -0.2) is 11.0 Å². The largest absolute Gasteiger partial charge is 0.423 e. The summed E-state index contributed by atoms with van der Waals surface area (Å²) in [6, 6.07) is 16.0. The molecule has 0 amide bonds. The molecular formula is C30H36FNO2. The second-order valence-corrected chi connectivity index (χ2v) is 8.90. The van der Waals surface area contributed by atoms with Crippen LogP contribution in [0.2, 0.25) is 0 Å². The highest BCUT2D eigenvalue weighted by atomic mass is 19.1. The molecule has 34 heavy (non-hydrogen) atoms. The fraction of sp³-hybridized carbons (Fsp3) is 0.400. The van der Waals surface area contributed by atoms with Gasteiger partial charge in [0.15, 0.2) is 0 Å². The minimum Gasteiger partial charge on any atom is -0.423 e. The third kappa shape index (κ3) is 7.79. The number of hydrogen-bond acceptors (Lipinski definition) is 3. The monoisotopic (exact) mass is 461 g/mol. The summed E-state index contributed by atoms with van der Waals surface area (Å²) < 4.78 is 19.8. The van der Waals surface area contributed by atoms with Crippen LogP contribution in [0.4, 0.5) is 4.39 Å². The molecule has 3 aromatic rings. The first-order chi connectivity index (χ1) is 16.6. The highest BCUT2D eigenvalue weighted by molar-refractivity contribution is 5.91. The second-order valence-electron chi connectivity index (χ2n) is 8.90. The van der Waals surface area contributed by atoms with Crippen LogP contribution < -0.4 is 4.74 Å². The molecule has 1 heterocycles. The molecule has 3 rings (SSSR count). The molecule has 0 atom stereocenters. The molecule has 0 aliphatic heterocycles. The number of halogens is 1. The average Bonchev–Trinajstić information content (AvgIpc) is 2.86. The Morgan fingerprint density at radius 2 is 1.47 bits per heavy atom. The van der Waals surface area contributed by atoms with E-state index in [1.54, 1.807) is 18.2 Å². The van der Waals surface area contributed by atoms with Crippen molar-refractivity contribution < 1.29 is 13.9 Å². The predicted molar refractivity (Wildman–Crippen MR) is 137 cm³/mol. The van der Waals surface area contributed by atoms with E-state index in [1.807, 2.05) is 24.4 Å². The van der Waals surface area contributed by atoms with Crippen molar-refractivity contribution >= 4 is 5.97 Å². The zero-order chi connectivity index (χ0) is 24.2. The predicted octanol–water partition coefficient (Wildman–Crippen LogP) is 8.35. The van der Waals surface area contributed by atoms with Crippen molar-refractivity contribution in [3.05, 3.63) is 83.3 Å². The molecule has 0 radical (unpaired) electrons. The van der Waals surface area contributed by atoms with Crippen LogP contribution in [0.15, 0.2) is 60.8 Å². The number of aryl methyl sites for hydroxylation is 2. The Morgan fingerprint density at radius 1 is 0.794 bits per heavy atom. The van der Waals surface area contributed by atoms with E-state index in [4.69, 9.17) is 4.74 Å². The molecule has 0 aliphatic carbocycles. The first kappa shape index (κ1) is 25.6.